The molecule has 0 heterocycles. The summed E-state index contributed by atoms with van der Waals surface area (Å²) in [4.78, 5) is 11.8. The van der Waals surface area contributed by atoms with Gasteiger partial charge in [-0.3, -0.25) is 0 Å². The lowest BCUT2D eigenvalue weighted by Crippen LogP contribution is -2.61. The van der Waals surface area contributed by atoms with E-state index in [9.17, 15) is 101 Å². The van der Waals surface area contributed by atoms with E-state index >= 15 is 0 Å². The first-order chi connectivity index (χ1) is 19.0. The predicted octanol–water partition coefficient (Wildman–Crippen LogP) is 4.43. The number of alkyl halides is 18. The zero-order valence-electron chi connectivity index (χ0n) is 20.7. The van der Waals surface area contributed by atoms with Crippen LogP contribution < -0.4 is 9.44 Å². The minimum atomic E-state index is -7.45. The average molecular weight is 738 g/mol. The summed E-state index contributed by atoms with van der Waals surface area (Å²) in [7, 11) is -11.8. The van der Waals surface area contributed by atoms with E-state index in [1.165, 1.54) is 0 Å². The first-order valence-corrected chi connectivity index (χ1v) is 13.8. The van der Waals surface area contributed by atoms with Crippen molar-refractivity contribution in [1.29, 1.82) is 0 Å². The van der Waals surface area contributed by atoms with E-state index in [0.29, 0.717) is 9.44 Å². The van der Waals surface area contributed by atoms with Crippen LogP contribution in [-0.4, -0.2) is 95.0 Å². The molecule has 0 aliphatic heterocycles. The molecule has 8 nitrogen and oxygen atoms in total. The Labute approximate surface area is 233 Å². The predicted molar refractivity (Wildman–Crippen MR) is 105 cm³/mol. The normalized spacial score (nSPS) is 15.5. The molecule has 28 heteroatoms. The second-order valence-corrected chi connectivity index (χ2v) is 12.0. The third-order valence-electron chi connectivity index (χ3n) is 4.91. The maximum absolute atomic E-state index is 13.6. The second kappa shape index (κ2) is 12.7. The molecule has 0 bridgehead atoms. The van der Waals surface area contributed by atoms with Crippen LogP contribution in [0.3, 0.4) is 0 Å². The van der Waals surface area contributed by atoms with Crippen molar-refractivity contribution in [3.8, 4) is 0 Å². The van der Waals surface area contributed by atoms with Crippen molar-refractivity contribution in [3.63, 3.8) is 0 Å². The molecule has 0 atom stereocenters. The molecule has 0 fully saturated rings. The highest BCUT2D eigenvalue weighted by molar-refractivity contribution is 7.90. The summed E-state index contributed by atoms with van der Waals surface area (Å²) in [6, 6.07) is 0. The van der Waals surface area contributed by atoms with E-state index < -0.39 is 111 Å². The summed E-state index contributed by atoms with van der Waals surface area (Å²) < 4.78 is 286. The van der Waals surface area contributed by atoms with Crippen LogP contribution in [0.15, 0.2) is 0 Å². The highest BCUT2D eigenvalue weighted by Gasteiger charge is 2.82. The van der Waals surface area contributed by atoms with Crippen LogP contribution in [0.2, 0.25) is 0 Å². The van der Waals surface area contributed by atoms with E-state index in [1.807, 2.05) is 0 Å². The van der Waals surface area contributed by atoms with Crippen LogP contribution in [0, 0.1) is 0 Å². The van der Waals surface area contributed by atoms with E-state index in [1.54, 1.807) is 0 Å². The molecule has 0 aliphatic carbocycles. The molecule has 0 aromatic rings. The first kappa shape index (κ1) is 42.0. The quantitative estimate of drug-likeness (QED) is 0.138. The van der Waals surface area contributed by atoms with Gasteiger partial charge >= 0.3 is 53.9 Å². The number of hydrogen-bond donors (Lipinski definition) is 2. The number of nitrogens with one attached hydrogen (secondary N) is 2. The first-order valence-electron chi connectivity index (χ1n) is 10.5. The number of carbonyl (C=O) groups excluding carboxylic acids is 1. The fraction of sp³-hybridized carbons (Fsp3) is 0.938. The molecule has 0 rings (SSSR count). The number of hydrogen-bond acceptors (Lipinski definition) is 6. The molecule has 0 saturated carbocycles. The summed E-state index contributed by atoms with van der Waals surface area (Å²) in [5, 5.41) is 0. The Bertz CT molecular complexity index is 1140. The fourth-order valence-electron chi connectivity index (χ4n) is 2.48. The molecule has 0 aromatic heterocycles. The average Bonchev–Trinajstić information content (AvgIpc) is 2.79. The van der Waals surface area contributed by atoms with Gasteiger partial charge in [0.2, 0.25) is 20.0 Å². The Kier molecular flexibility index (Phi) is 12.1. The van der Waals surface area contributed by atoms with Crippen molar-refractivity contribution in [3.05, 3.63) is 0 Å². The number of ether oxygens (including phenoxy) is 1. The molecular weight excluding hydrogens is 722 g/mol. The van der Waals surface area contributed by atoms with Gasteiger partial charge in [-0.05, 0) is 6.92 Å². The molecule has 0 unspecified atom stereocenters. The van der Waals surface area contributed by atoms with Crippen molar-refractivity contribution in [2.75, 3.05) is 18.1 Å². The number of esters is 1. The Morgan fingerprint density at radius 3 is 1.07 bits per heavy atom. The van der Waals surface area contributed by atoms with Gasteiger partial charge < -0.3 is 4.74 Å². The van der Waals surface area contributed by atoms with Gasteiger partial charge in [-0.25, -0.2) is 21.6 Å². The number of halogens is 18. The third kappa shape index (κ3) is 8.85. The smallest absolute Gasteiger partial charge is 0.460 e. The lowest BCUT2D eigenvalue weighted by molar-refractivity contribution is -0.396. The Hall–Kier alpha value is -1.97. The van der Waals surface area contributed by atoms with Gasteiger partial charge in [0, 0.05) is 12.8 Å². The minimum absolute atomic E-state index is 0.714. The van der Waals surface area contributed by atoms with Crippen molar-refractivity contribution in [1.82, 2.24) is 9.44 Å². The zero-order chi connectivity index (χ0) is 35.8. The van der Waals surface area contributed by atoms with E-state index in [-0.39, 0.29) is 0 Å². The Morgan fingerprint density at radius 1 is 0.568 bits per heavy atom. The van der Waals surface area contributed by atoms with E-state index in [0.717, 1.165) is 6.92 Å². The number of sulfonamides is 2. The second-order valence-electron chi connectivity index (χ2n) is 8.26. The standard InChI is InChI=1S/C16H16F18N2O6S2/c1-2-42-8(37)7(35-43(38,39)5-3-9(17,18)11(21,22)13(25,26)15(29,30)31)36-44(40,41)6-4-10(19,20)12(23,24)14(27,28)16(32,33)34/h7,35-36H,2-6H2,1H3. The summed E-state index contributed by atoms with van der Waals surface area (Å²) in [6.45, 7) is 0.0529. The Balaban J connectivity index is 6.03. The minimum Gasteiger partial charge on any atom is -0.464 e. The van der Waals surface area contributed by atoms with Crippen LogP contribution in [0.5, 0.6) is 0 Å². The monoisotopic (exact) mass is 738 g/mol. The van der Waals surface area contributed by atoms with Crippen molar-refractivity contribution >= 4 is 26.0 Å². The van der Waals surface area contributed by atoms with Crippen LogP contribution in [-0.2, 0) is 29.6 Å². The SMILES string of the molecule is CCOC(=O)C(NS(=O)(=O)CCC(F)(F)C(F)(F)C(F)(F)C(F)(F)F)NS(=O)(=O)CCC(F)(F)C(F)(F)C(F)(F)C(F)(F)F. The van der Waals surface area contributed by atoms with Crippen molar-refractivity contribution in [2.45, 2.75) is 73.8 Å². The summed E-state index contributed by atoms with van der Waals surface area (Å²) in [5.41, 5.74) is 0. The van der Waals surface area contributed by atoms with Gasteiger partial charge in [0.25, 0.3) is 0 Å². The summed E-state index contributed by atoms with van der Waals surface area (Å²) in [5.74, 6) is -50.0. The van der Waals surface area contributed by atoms with Gasteiger partial charge in [0.05, 0.1) is 18.1 Å². The maximum Gasteiger partial charge on any atom is 0.460 e. The van der Waals surface area contributed by atoms with E-state index in [4.69, 9.17) is 0 Å². The van der Waals surface area contributed by atoms with Crippen LogP contribution in [0.4, 0.5) is 79.0 Å². The van der Waals surface area contributed by atoms with Gasteiger partial charge in [0.1, 0.15) is 0 Å². The highest BCUT2D eigenvalue weighted by Crippen LogP contribution is 2.55. The number of rotatable bonds is 16. The molecule has 0 saturated heterocycles. The molecular formula is C16H16F18N2O6S2. The summed E-state index contributed by atoms with van der Waals surface area (Å²) in [6.07, 6.45) is -24.1. The summed E-state index contributed by atoms with van der Waals surface area (Å²) >= 11 is 0. The van der Waals surface area contributed by atoms with E-state index in [2.05, 4.69) is 4.74 Å². The Morgan fingerprint density at radius 2 is 0.841 bits per heavy atom. The van der Waals surface area contributed by atoms with Crippen LogP contribution >= 0.6 is 0 Å². The number of carbonyl (C=O) groups is 1. The van der Waals surface area contributed by atoms with Crippen molar-refractivity contribution < 1.29 is 105 Å². The molecule has 0 spiro atoms. The van der Waals surface area contributed by atoms with Gasteiger partial charge in [-0.15, -0.1) is 0 Å². The van der Waals surface area contributed by atoms with Crippen LogP contribution in [0.1, 0.15) is 19.8 Å². The van der Waals surface area contributed by atoms with Crippen LogP contribution in [0.25, 0.3) is 0 Å². The van der Waals surface area contributed by atoms with Gasteiger partial charge in [-0.2, -0.15) is 88.5 Å². The largest absolute Gasteiger partial charge is 0.464 e. The molecule has 0 radical (unpaired) electrons. The molecule has 44 heavy (non-hydrogen) atoms. The molecule has 2 N–H and O–H groups in total. The van der Waals surface area contributed by atoms with Gasteiger partial charge in [-0.1, -0.05) is 0 Å². The molecule has 0 aliphatic rings. The third-order valence-corrected chi connectivity index (χ3v) is 7.58. The van der Waals surface area contributed by atoms with Gasteiger partial charge in [0.15, 0.2) is 6.17 Å². The van der Waals surface area contributed by atoms with Crippen molar-refractivity contribution in [2.24, 2.45) is 0 Å². The lowest BCUT2D eigenvalue weighted by atomic mass is 10.0. The zero-order valence-corrected chi connectivity index (χ0v) is 22.3. The molecule has 0 amide bonds. The lowest BCUT2D eigenvalue weighted by Gasteiger charge is -2.33. The highest BCUT2D eigenvalue weighted by atomic mass is 32.2. The fourth-order valence-corrected chi connectivity index (χ4v) is 4.87. The topological polar surface area (TPSA) is 119 Å². The molecule has 264 valence electrons. The molecule has 0 aromatic carbocycles. The maximum atomic E-state index is 13.6.